The molecule has 1 aromatic rings. The van der Waals surface area contributed by atoms with Gasteiger partial charge in [0.2, 0.25) is 5.91 Å². The highest BCUT2D eigenvalue weighted by atomic mass is 79.9. The van der Waals surface area contributed by atoms with Gasteiger partial charge in [-0.1, -0.05) is 15.9 Å². The summed E-state index contributed by atoms with van der Waals surface area (Å²) in [5, 5.41) is 2.38. The van der Waals surface area contributed by atoms with Crippen LogP contribution in [0.15, 0.2) is 22.7 Å². The molecule has 3 N–H and O–H groups in total. The van der Waals surface area contributed by atoms with E-state index in [1.165, 1.54) is 19.1 Å². The molecule has 1 unspecified atom stereocenters. The first kappa shape index (κ1) is 11.1. The fourth-order valence-electron chi connectivity index (χ4n) is 0.837. The van der Waals surface area contributed by atoms with E-state index in [1.54, 1.807) is 6.07 Å². The van der Waals surface area contributed by atoms with Crippen molar-refractivity contribution in [2.24, 2.45) is 5.73 Å². The van der Waals surface area contributed by atoms with Gasteiger partial charge in [-0.3, -0.25) is 4.79 Å². The lowest BCUT2D eigenvalue weighted by Gasteiger charge is -2.08. The number of nitrogens with two attached hydrogens (primary N) is 1. The minimum atomic E-state index is -0.655. The van der Waals surface area contributed by atoms with Gasteiger partial charge >= 0.3 is 0 Å². The van der Waals surface area contributed by atoms with E-state index in [9.17, 15) is 9.18 Å². The van der Waals surface area contributed by atoms with Crippen molar-refractivity contribution in [2.45, 2.75) is 13.0 Å². The van der Waals surface area contributed by atoms with Crippen molar-refractivity contribution in [3.05, 3.63) is 28.5 Å². The molecule has 1 amide bonds. The van der Waals surface area contributed by atoms with Gasteiger partial charge in [0.05, 0.1) is 11.7 Å². The second-order valence-corrected chi connectivity index (χ2v) is 3.82. The lowest BCUT2D eigenvalue weighted by atomic mass is 10.2. The quantitative estimate of drug-likeness (QED) is 0.853. The predicted octanol–water partition coefficient (Wildman–Crippen LogP) is 1.87. The summed E-state index contributed by atoms with van der Waals surface area (Å²) in [7, 11) is 0. The Labute approximate surface area is 89.6 Å². The Kier molecular flexibility index (Phi) is 3.60. The number of benzene rings is 1. The third kappa shape index (κ3) is 2.78. The Morgan fingerprint density at radius 3 is 2.79 bits per heavy atom. The number of amides is 1. The molecule has 1 aromatic carbocycles. The van der Waals surface area contributed by atoms with Crippen LogP contribution in [-0.2, 0) is 4.79 Å². The lowest BCUT2D eigenvalue weighted by Crippen LogP contribution is -2.32. The summed E-state index contributed by atoms with van der Waals surface area (Å²) in [6.07, 6.45) is 0. The third-order valence-electron chi connectivity index (χ3n) is 1.60. The summed E-state index contributed by atoms with van der Waals surface area (Å²) in [6, 6.07) is 3.73. The number of carbonyl (C=O) groups is 1. The van der Waals surface area contributed by atoms with Gasteiger partial charge in [-0.25, -0.2) is 4.39 Å². The van der Waals surface area contributed by atoms with E-state index >= 15 is 0 Å². The second-order valence-electron chi connectivity index (χ2n) is 2.90. The van der Waals surface area contributed by atoms with Crippen LogP contribution in [0.3, 0.4) is 0 Å². The average molecular weight is 261 g/mol. The van der Waals surface area contributed by atoms with Crippen LogP contribution in [0.1, 0.15) is 6.92 Å². The van der Waals surface area contributed by atoms with Crippen LogP contribution in [0.5, 0.6) is 0 Å². The van der Waals surface area contributed by atoms with E-state index < -0.39 is 17.8 Å². The largest absolute Gasteiger partial charge is 0.322 e. The molecule has 0 aliphatic rings. The minimum absolute atomic E-state index is 0.135. The van der Waals surface area contributed by atoms with Crippen LogP contribution >= 0.6 is 15.9 Å². The topological polar surface area (TPSA) is 55.1 Å². The molecule has 0 radical (unpaired) electrons. The standard InChI is InChI=1S/C9H10BrFN2O/c1-5(12)9(14)13-8-3-2-6(10)4-7(8)11/h2-5H,12H2,1H3,(H,13,14). The molecule has 0 aliphatic heterocycles. The highest BCUT2D eigenvalue weighted by Crippen LogP contribution is 2.19. The van der Waals surface area contributed by atoms with Crippen molar-refractivity contribution in [3.8, 4) is 0 Å². The average Bonchev–Trinajstić information content (AvgIpc) is 2.09. The van der Waals surface area contributed by atoms with Crippen molar-refractivity contribution in [2.75, 3.05) is 5.32 Å². The maximum Gasteiger partial charge on any atom is 0.241 e. The first-order chi connectivity index (χ1) is 6.50. The Morgan fingerprint density at radius 2 is 2.29 bits per heavy atom. The Bertz CT molecular complexity index is 355. The molecule has 0 saturated carbocycles. The Balaban J connectivity index is 2.82. The summed E-state index contributed by atoms with van der Waals surface area (Å²) in [5.74, 6) is -0.903. The number of rotatable bonds is 2. The van der Waals surface area contributed by atoms with E-state index in [0.717, 1.165) is 0 Å². The van der Waals surface area contributed by atoms with Crippen molar-refractivity contribution in [1.29, 1.82) is 0 Å². The zero-order chi connectivity index (χ0) is 10.7. The molecule has 0 bridgehead atoms. The van der Waals surface area contributed by atoms with E-state index in [4.69, 9.17) is 5.73 Å². The fourth-order valence-corrected chi connectivity index (χ4v) is 1.17. The number of nitrogens with one attached hydrogen (secondary N) is 1. The molecule has 5 heteroatoms. The summed E-state index contributed by atoms with van der Waals surface area (Å²) in [5.41, 5.74) is 5.45. The fraction of sp³-hybridized carbons (Fsp3) is 0.222. The van der Waals surface area contributed by atoms with E-state index in [2.05, 4.69) is 21.2 Å². The highest BCUT2D eigenvalue weighted by Gasteiger charge is 2.10. The minimum Gasteiger partial charge on any atom is -0.322 e. The Morgan fingerprint density at radius 1 is 1.64 bits per heavy atom. The molecule has 0 fully saturated rings. The molecule has 0 aliphatic carbocycles. The molecular formula is C9H10BrFN2O. The molecule has 0 heterocycles. The molecule has 0 spiro atoms. The van der Waals surface area contributed by atoms with Crippen LogP contribution in [0.2, 0.25) is 0 Å². The first-order valence-corrected chi connectivity index (χ1v) is 4.81. The Hall–Kier alpha value is -0.940. The van der Waals surface area contributed by atoms with Gasteiger partial charge in [-0.15, -0.1) is 0 Å². The predicted molar refractivity (Wildman–Crippen MR) is 56.4 cm³/mol. The van der Waals surface area contributed by atoms with Crippen LogP contribution in [-0.4, -0.2) is 11.9 Å². The molecule has 14 heavy (non-hydrogen) atoms. The summed E-state index contributed by atoms with van der Waals surface area (Å²) in [6.45, 7) is 1.53. The summed E-state index contributed by atoms with van der Waals surface area (Å²) < 4.78 is 13.8. The van der Waals surface area contributed by atoms with Gasteiger partial charge in [-0.2, -0.15) is 0 Å². The maximum absolute atomic E-state index is 13.2. The van der Waals surface area contributed by atoms with Crippen molar-refractivity contribution >= 4 is 27.5 Å². The smallest absolute Gasteiger partial charge is 0.241 e. The second kappa shape index (κ2) is 4.52. The number of anilines is 1. The molecular weight excluding hydrogens is 251 g/mol. The van der Waals surface area contributed by atoms with Crippen LogP contribution in [0.25, 0.3) is 0 Å². The zero-order valence-electron chi connectivity index (χ0n) is 7.55. The van der Waals surface area contributed by atoms with Gasteiger partial charge in [0.25, 0.3) is 0 Å². The number of halogens is 2. The number of hydrogen-bond acceptors (Lipinski definition) is 2. The zero-order valence-corrected chi connectivity index (χ0v) is 9.14. The van der Waals surface area contributed by atoms with Gasteiger partial charge < -0.3 is 11.1 Å². The third-order valence-corrected chi connectivity index (χ3v) is 2.10. The molecule has 1 atom stereocenters. The first-order valence-electron chi connectivity index (χ1n) is 4.02. The van der Waals surface area contributed by atoms with Gasteiger partial charge in [0.1, 0.15) is 5.82 Å². The van der Waals surface area contributed by atoms with Crippen LogP contribution < -0.4 is 11.1 Å². The van der Waals surface area contributed by atoms with Crippen molar-refractivity contribution < 1.29 is 9.18 Å². The lowest BCUT2D eigenvalue weighted by molar-refractivity contribution is -0.117. The molecule has 0 saturated heterocycles. The van der Waals surface area contributed by atoms with E-state index in [-0.39, 0.29) is 5.69 Å². The highest BCUT2D eigenvalue weighted by molar-refractivity contribution is 9.10. The van der Waals surface area contributed by atoms with Crippen molar-refractivity contribution in [3.63, 3.8) is 0 Å². The van der Waals surface area contributed by atoms with Gasteiger partial charge in [0, 0.05) is 4.47 Å². The van der Waals surface area contributed by atoms with E-state index in [1.807, 2.05) is 0 Å². The summed E-state index contributed by atoms with van der Waals surface area (Å²) >= 11 is 3.11. The maximum atomic E-state index is 13.2. The van der Waals surface area contributed by atoms with Gasteiger partial charge in [0.15, 0.2) is 0 Å². The molecule has 76 valence electrons. The normalized spacial score (nSPS) is 12.3. The summed E-state index contributed by atoms with van der Waals surface area (Å²) in [4.78, 5) is 11.1. The number of hydrogen-bond donors (Lipinski definition) is 2. The van der Waals surface area contributed by atoms with Crippen molar-refractivity contribution in [1.82, 2.24) is 0 Å². The van der Waals surface area contributed by atoms with Crippen LogP contribution in [0.4, 0.5) is 10.1 Å². The SMILES string of the molecule is CC(N)C(=O)Nc1ccc(Br)cc1F. The van der Waals surface area contributed by atoms with E-state index in [0.29, 0.717) is 4.47 Å². The molecule has 0 aromatic heterocycles. The molecule has 1 rings (SSSR count). The monoisotopic (exact) mass is 260 g/mol. The number of carbonyl (C=O) groups excluding carboxylic acids is 1. The van der Waals surface area contributed by atoms with Crippen LogP contribution in [0, 0.1) is 5.82 Å². The van der Waals surface area contributed by atoms with Gasteiger partial charge in [-0.05, 0) is 25.1 Å². The molecule has 3 nitrogen and oxygen atoms in total.